The highest BCUT2D eigenvalue weighted by atomic mass is 32.1. The molecule has 0 saturated carbocycles. The Balaban J connectivity index is 1.31. The molecule has 168 valence electrons. The Morgan fingerprint density at radius 2 is 1.85 bits per heavy atom. The number of hydrogen-bond donors (Lipinski definition) is 2. The van der Waals surface area contributed by atoms with Crippen LogP contribution in [0.5, 0.6) is 0 Å². The fourth-order valence-electron chi connectivity index (χ4n) is 3.53. The number of nitrogens with zero attached hydrogens (tertiary/aromatic N) is 5. The summed E-state index contributed by atoms with van der Waals surface area (Å²) in [6.45, 7) is 4.38. The highest BCUT2D eigenvalue weighted by Crippen LogP contribution is 2.33. The quantitative estimate of drug-likeness (QED) is 0.370. The van der Waals surface area contributed by atoms with E-state index in [0.717, 1.165) is 43.2 Å². The molecule has 0 unspecified atom stereocenters. The number of anilines is 4. The summed E-state index contributed by atoms with van der Waals surface area (Å²) in [5.41, 5.74) is 2.91. The first kappa shape index (κ1) is 21.3. The van der Waals surface area contributed by atoms with Crippen LogP contribution in [0.2, 0.25) is 0 Å². The molecule has 0 aliphatic carbocycles. The molecular weight excluding hydrogens is 445 g/mol. The zero-order valence-electron chi connectivity index (χ0n) is 17.5. The van der Waals surface area contributed by atoms with E-state index in [-0.39, 0.29) is 5.69 Å². The number of hydrogen-bond acceptors (Lipinski definition) is 10. The lowest BCUT2D eigenvalue weighted by Gasteiger charge is -2.26. The largest absolute Gasteiger partial charge is 0.379 e. The molecule has 11 heteroatoms. The van der Waals surface area contributed by atoms with Crippen LogP contribution in [0.1, 0.15) is 5.56 Å². The van der Waals surface area contributed by atoms with E-state index in [4.69, 9.17) is 4.74 Å². The highest BCUT2D eigenvalue weighted by molar-refractivity contribution is 7.22. The molecule has 0 bridgehead atoms. The van der Waals surface area contributed by atoms with Crippen molar-refractivity contribution in [3.05, 3.63) is 65.1 Å². The summed E-state index contributed by atoms with van der Waals surface area (Å²) in [6, 6.07) is 12.3. The Morgan fingerprint density at radius 1 is 1.06 bits per heavy atom. The second-order valence-electron chi connectivity index (χ2n) is 7.49. The molecule has 5 rings (SSSR count). The van der Waals surface area contributed by atoms with Crippen LogP contribution < -0.4 is 10.6 Å². The molecule has 1 fully saturated rings. The monoisotopic (exact) mass is 465 g/mol. The van der Waals surface area contributed by atoms with Gasteiger partial charge in [-0.3, -0.25) is 4.90 Å². The van der Waals surface area contributed by atoms with Gasteiger partial charge in [0.1, 0.15) is 16.7 Å². The minimum atomic E-state index is -0.677. The predicted molar refractivity (Wildman–Crippen MR) is 126 cm³/mol. The lowest BCUT2D eigenvalue weighted by Crippen LogP contribution is -2.35. The van der Waals surface area contributed by atoms with E-state index in [1.165, 1.54) is 41.4 Å². The molecule has 2 N–H and O–H groups in total. The maximum Gasteiger partial charge on any atom is 0.189 e. The molecule has 0 atom stereocenters. The van der Waals surface area contributed by atoms with Crippen molar-refractivity contribution in [1.82, 2.24) is 19.9 Å². The van der Waals surface area contributed by atoms with E-state index in [0.29, 0.717) is 22.3 Å². The van der Waals surface area contributed by atoms with Crippen molar-refractivity contribution in [3.63, 3.8) is 0 Å². The number of nitroso groups, excluding NO2 is 1. The van der Waals surface area contributed by atoms with Crippen molar-refractivity contribution < 1.29 is 9.13 Å². The van der Waals surface area contributed by atoms with Gasteiger partial charge in [0, 0.05) is 31.0 Å². The first-order valence-electron chi connectivity index (χ1n) is 10.4. The van der Waals surface area contributed by atoms with Crippen LogP contribution in [0.25, 0.3) is 10.3 Å². The summed E-state index contributed by atoms with van der Waals surface area (Å²) in [5.74, 6) is -0.168. The minimum absolute atomic E-state index is 0.269. The number of thiazole rings is 1. The molecule has 3 heterocycles. The van der Waals surface area contributed by atoms with Crippen molar-refractivity contribution in [2.45, 2.75) is 6.54 Å². The van der Waals surface area contributed by atoms with Crippen molar-refractivity contribution in [2.24, 2.45) is 5.18 Å². The molecule has 9 nitrogen and oxygen atoms in total. The first-order valence-corrected chi connectivity index (χ1v) is 11.2. The molecule has 33 heavy (non-hydrogen) atoms. The topological polar surface area (TPSA) is 105 Å². The van der Waals surface area contributed by atoms with Gasteiger partial charge in [0.15, 0.2) is 22.4 Å². The summed E-state index contributed by atoms with van der Waals surface area (Å²) in [6.07, 6.45) is 1.40. The number of benzene rings is 2. The van der Waals surface area contributed by atoms with Gasteiger partial charge in [-0.15, -0.1) is 4.91 Å². The normalized spacial score (nSPS) is 14.3. The molecule has 0 spiro atoms. The number of morpholine rings is 1. The number of ether oxygens (including phenoxy) is 1. The maximum atomic E-state index is 13.5. The summed E-state index contributed by atoms with van der Waals surface area (Å²) in [4.78, 5) is 26.2. The molecule has 0 radical (unpaired) electrons. The summed E-state index contributed by atoms with van der Waals surface area (Å²) >= 11 is 1.39. The number of aromatic nitrogens is 3. The molecule has 1 aliphatic heterocycles. The van der Waals surface area contributed by atoms with Crippen LogP contribution >= 0.6 is 11.3 Å². The smallest absolute Gasteiger partial charge is 0.189 e. The fourth-order valence-corrected chi connectivity index (χ4v) is 4.41. The summed E-state index contributed by atoms with van der Waals surface area (Å²) in [7, 11) is 0. The van der Waals surface area contributed by atoms with Crippen LogP contribution in [0.4, 0.5) is 32.4 Å². The molecule has 4 aromatic rings. The van der Waals surface area contributed by atoms with E-state index >= 15 is 0 Å². The van der Waals surface area contributed by atoms with E-state index in [1.807, 2.05) is 12.1 Å². The van der Waals surface area contributed by atoms with Crippen LogP contribution in [0.3, 0.4) is 0 Å². The first-order chi connectivity index (χ1) is 16.2. The van der Waals surface area contributed by atoms with Crippen molar-refractivity contribution in [2.75, 3.05) is 36.9 Å². The van der Waals surface area contributed by atoms with Crippen molar-refractivity contribution >= 4 is 49.7 Å². The molecular formula is C22H20FN7O2S. The third kappa shape index (κ3) is 4.95. The maximum absolute atomic E-state index is 13.5. The third-order valence-electron chi connectivity index (χ3n) is 5.21. The van der Waals surface area contributed by atoms with Gasteiger partial charge in [-0.05, 0) is 41.1 Å². The van der Waals surface area contributed by atoms with Gasteiger partial charge < -0.3 is 15.4 Å². The molecule has 2 aromatic heterocycles. The summed E-state index contributed by atoms with van der Waals surface area (Å²) < 4.78 is 19.7. The summed E-state index contributed by atoms with van der Waals surface area (Å²) in [5, 5.41) is 9.77. The number of rotatable bonds is 7. The number of nitrogens with one attached hydrogen (secondary N) is 2. The van der Waals surface area contributed by atoms with Crippen LogP contribution in [0.15, 0.2) is 54.0 Å². The number of halogens is 1. The Hall–Kier alpha value is -3.54. The van der Waals surface area contributed by atoms with Crippen molar-refractivity contribution in [1.29, 1.82) is 0 Å². The predicted octanol–water partition coefficient (Wildman–Crippen LogP) is 4.94. The van der Waals surface area contributed by atoms with E-state index in [1.54, 1.807) is 0 Å². The third-order valence-corrected chi connectivity index (χ3v) is 6.18. The Bertz CT molecular complexity index is 1280. The molecule has 1 aliphatic rings. The Kier molecular flexibility index (Phi) is 6.15. The van der Waals surface area contributed by atoms with Gasteiger partial charge in [0.05, 0.1) is 13.2 Å². The second kappa shape index (κ2) is 9.53. The van der Waals surface area contributed by atoms with E-state index < -0.39 is 5.82 Å². The van der Waals surface area contributed by atoms with Crippen LogP contribution in [-0.4, -0.2) is 46.2 Å². The Labute approximate surface area is 192 Å². The van der Waals surface area contributed by atoms with Crippen molar-refractivity contribution in [3.8, 4) is 0 Å². The second-order valence-corrected chi connectivity index (χ2v) is 8.49. The lowest BCUT2D eigenvalue weighted by atomic mass is 10.2. The molecule has 1 saturated heterocycles. The zero-order valence-corrected chi connectivity index (χ0v) is 18.3. The van der Waals surface area contributed by atoms with Gasteiger partial charge in [0.25, 0.3) is 0 Å². The van der Waals surface area contributed by atoms with Crippen LogP contribution in [0, 0.1) is 10.7 Å². The van der Waals surface area contributed by atoms with Gasteiger partial charge in [-0.1, -0.05) is 23.5 Å². The average Bonchev–Trinajstić information content (AvgIpc) is 3.26. The fraction of sp³-hybridized carbons (Fsp3) is 0.227. The van der Waals surface area contributed by atoms with Gasteiger partial charge in [0.2, 0.25) is 0 Å². The van der Waals surface area contributed by atoms with E-state index in [9.17, 15) is 9.30 Å². The number of fused-ring (bicyclic) bond motifs is 1. The van der Waals surface area contributed by atoms with E-state index in [2.05, 4.69) is 47.8 Å². The average molecular weight is 466 g/mol. The zero-order chi connectivity index (χ0) is 22.6. The molecule has 2 aromatic carbocycles. The molecule has 0 amide bonds. The highest BCUT2D eigenvalue weighted by Gasteiger charge is 2.13. The SMILES string of the molecule is O=Nc1cc(Nc2ncnc3nc(Nc4ccc(CN5CCOCC5)cc4)sc23)ccc1F. The van der Waals surface area contributed by atoms with Crippen LogP contribution in [-0.2, 0) is 11.3 Å². The van der Waals surface area contributed by atoms with Gasteiger partial charge in [-0.25, -0.2) is 14.4 Å². The van der Waals surface area contributed by atoms with Gasteiger partial charge >= 0.3 is 0 Å². The van der Waals surface area contributed by atoms with Gasteiger partial charge in [-0.2, -0.15) is 4.98 Å². The minimum Gasteiger partial charge on any atom is -0.379 e. The Morgan fingerprint density at radius 3 is 2.64 bits per heavy atom. The standard InChI is InChI=1S/C22H20FN7O2S/c23-17-6-5-16(11-18(17)29-31)26-20-19-21(25-13-24-20)28-22(33-19)27-15-3-1-14(2-4-15)12-30-7-9-32-10-8-30/h1-6,11,13H,7-10,12H2,(H2,24,25,26,27,28). The lowest BCUT2D eigenvalue weighted by molar-refractivity contribution is 0.0342.